The second-order valence-electron chi connectivity index (χ2n) is 7.29. The second kappa shape index (κ2) is 8.49. The minimum atomic E-state index is -0.486. The van der Waals surface area contributed by atoms with E-state index in [2.05, 4.69) is 5.32 Å². The zero-order valence-corrected chi connectivity index (χ0v) is 16.9. The Bertz CT molecular complexity index is 1090. The monoisotopic (exact) mass is 409 g/mol. The van der Waals surface area contributed by atoms with Gasteiger partial charge in [0.15, 0.2) is 18.1 Å². The lowest BCUT2D eigenvalue weighted by molar-refractivity contribution is -0.148. The van der Waals surface area contributed by atoms with Gasteiger partial charge in [0, 0.05) is 10.9 Å². The summed E-state index contributed by atoms with van der Waals surface area (Å²) in [5.41, 5.74) is 3.41. The van der Waals surface area contributed by atoms with Crippen molar-refractivity contribution < 1.29 is 28.2 Å². The first-order valence-corrected chi connectivity index (χ1v) is 9.81. The van der Waals surface area contributed by atoms with Crippen LogP contribution in [0.15, 0.2) is 47.1 Å². The number of nitrogens with one attached hydrogen (secondary N) is 1. The molecule has 30 heavy (non-hydrogen) atoms. The molecule has 0 aliphatic carbocycles. The van der Waals surface area contributed by atoms with Crippen LogP contribution in [0.3, 0.4) is 0 Å². The molecule has 2 aromatic carbocycles. The summed E-state index contributed by atoms with van der Waals surface area (Å²) in [7, 11) is 0. The second-order valence-corrected chi connectivity index (χ2v) is 7.29. The Balaban J connectivity index is 1.29. The molecule has 1 aliphatic rings. The van der Waals surface area contributed by atoms with E-state index in [4.69, 9.17) is 18.6 Å². The summed E-state index contributed by atoms with van der Waals surface area (Å²) in [6.45, 7) is 4.50. The minimum absolute atomic E-state index is 0.0427. The van der Waals surface area contributed by atoms with Crippen LogP contribution in [0, 0.1) is 6.92 Å². The maximum Gasteiger partial charge on any atom is 0.310 e. The van der Waals surface area contributed by atoms with Gasteiger partial charge in [-0.2, -0.15) is 0 Å². The number of aryl methyl sites for hydroxylation is 1. The fourth-order valence-electron chi connectivity index (χ4n) is 3.38. The van der Waals surface area contributed by atoms with E-state index in [0.29, 0.717) is 24.7 Å². The van der Waals surface area contributed by atoms with Gasteiger partial charge in [0.2, 0.25) is 0 Å². The third-order valence-electron chi connectivity index (χ3n) is 4.95. The third-order valence-corrected chi connectivity index (χ3v) is 4.95. The quantitative estimate of drug-likeness (QED) is 0.628. The molecule has 0 saturated carbocycles. The minimum Gasteiger partial charge on any atom is -0.486 e. The zero-order valence-electron chi connectivity index (χ0n) is 16.9. The Kier molecular flexibility index (Phi) is 5.61. The van der Waals surface area contributed by atoms with Crippen LogP contribution < -0.4 is 14.8 Å². The fraction of sp³-hybridized carbons (Fsp3) is 0.304. The SMILES string of the molecule is Cc1ccc2c(CC(=O)OCC(=O)NC(C)c3ccc4c(c3)OCCO4)coc2c1. The summed E-state index contributed by atoms with van der Waals surface area (Å²) in [6.07, 6.45) is 1.59. The molecule has 7 nitrogen and oxygen atoms in total. The van der Waals surface area contributed by atoms with Crippen LogP contribution in [0.1, 0.15) is 29.7 Å². The molecule has 3 aromatic rings. The largest absolute Gasteiger partial charge is 0.486 e. The van der Waals surface area contributed by atoms with Gasteiger partial charge in [0.1, 0.15) is 18.8 Å². The molecule has 156 valence electrons. The normalized spacial score (nSPS) is 13.7. The topological polar surface area (TPSA) is 87.0 Å². The highest BCUT2D eigenvalue weighted by Gasteiger charge is 2.17. The van der Waals surface area contributed by atoms with Crippen LogP contribution in [-0.2, 0) is 20.7 Å². The summed E-state index contributed by atoms with van der Waals surface area (Å²) < 4.78 is 21.7. The lowest BCUT2D eigenvalue weighted by atomic mass is 10.1. The van der Waals surface area contributed by atoms with Crippen molar-refractivity contribution in [3.05, 3.63) is 59.4 Å². The van der Waals surface area contributed by atoms with Crippen molar-refractivity contribution in [2.24, 2.45) is 0 Å². The summed E-state index contributed by atoms with van der Waals surface area (Å²) in [5, 5.41) is 3.69. The number of benzene rings is 2. The summed E-state index contributed by atoms with van der Waals surface area (Å²) in [4.78, 5) is 24.4. The van der Waals surface area contributed by atoms with E-state index >= 15 is 0 Å². The van der Waals surface area contributed by atoms with Crippen molar-refractivity contribution >= 4 is 22.8 Å². The number of ether oxygens (including phenoxy) is 3. The fourth-order valence-corrected chi connectivity index (χ4v) is 3.38. The maximum absolute atomic E-state index is 12.2. The highest BCUT2D eigenvalue weighted by molar-refractivity contribution is 5.87. The van der Waals surface area contributed by atoms with Crippen LogP contribution in [0.25, 0.3) is 11.0 Å². The number of hydrogen-bond acceptors (Lipinski definition) is 6. The summed E-state index contributed by atoms with van der Waals surface area (Å²) in [6, 6.07) is 11.1. The average Bonchev–Trinajstić information content (AvgIpc) is 3.13. The van der Waals surface area contributed by atoms with Crippen LogP contribution >= 0.6 is 0 Å². The number of amides is 1. The lowest BCUT2D eigenvalue weighted by Crippen LogP contribution is -2.31. The van der Waals surface area contributed by atoms with Crippen molar-refractivity contribution in [2.75, 3.05) is 19.8 Å². The van der Waals surface area contributed by atoms with E-state index < -0.39 is 5.97 Å². The van der Waals surface area contributed by atoms with Crippen molar-refractivity contribution in [2.45, 2.75) is 26.3 Å². The molecule has 1 amide bonds. The van der Waals surface area contributed by atoms with E-state index in [1.807, 2.05) is 50.2 Å². The molecule has 1 unspecified atom stereocenters. The third kappa shape index (κ3) is 4.40. The summed E-state index contributed by atoms with van der Waals surface area (Å²) in [5.74, 6) is 0.493. The van der Waals surface area contributed by atoms with Crippen molar-refractivity contribution in [1.82, 2.24) is 5.32 Å². The molecule has 1 aliphatic heterocycles. The zero-order chi connectivity index (χ0) is 21.1. The van der Waals surface area contributed by atoms with E-state index in [-0.39, 0.29) is 25.0 Å². The smallest absolute Gasteiger partial charge is 0.310 e. The number of carbonyl (C=O) groups excluding carboxylic acids is 2. The molecule has 0 radical (unpaired) electrons. The number of hydrogen-bond donors (Lipinski definition) is 1. The molecular weight excluding hydrogens is 386 g/mol. The highest BCUT2D eigenvalue weighted by atomic mass is 16.6. The average molecular weight is 409 g/mol. The van der Waals surface area contributed by atoms with Crippen molar-refractivity contribution in [3.63, 3.8) is 0 Å². The van der Waals surface area contributed by atoms with Crippen LogP contribution in [0.2, 0.25) is 0 Å². The van der Waals surface area contributed by atoms with Crippen LogP contribution in [-0.4, -0.2) is 31.7 Å². The Morgan fingerprint density at radius 3 is 2.73 bits per heavy atom. The van der Waals surface area contributed by atoms with Gasteiger partial charge in [-0.25, -0.2) is 0 Å². The molecule has 1 aromatic heterocycles. The molecule has 0 saturated heterocycles. The Morgan fingerprint density at radius 2 is 1.90 bits per heavy atom. The standard InChI is InChI=1S/C23H23NO6/c1-14-3-5-18-17(12-29-20(18)9-14)11-23(26)30-13-22(25)24-15(2)16-4-6-19-21(10-16)28-8-7-27-19/h3-6,9-10,12,15H,7-8,11,13H2,1-2H3,(H,24,25). The van der Waals surface area contributed by atoms with E-state index in [1.165, 1.54) is 0 Å². The van der Waals surface area contributed by atoms with Crippen molar-refractivity contribution in [3.8, 4) is 11.5 Å². The Morgan fingerprint density at radius 1 is 1.10 bits per heavy atom. The van der Waals surface area contributed by atoms with Gasteiger partial charge < -0.3 is 23.9 Å². The number of esters is 1. The first kappa shape index (κ1) is 19.8. The van der Waals surface area contributed by atoms with Gasteiger partial charge >= 0.3 is 5.97 Å². The molecule has 0 fully saturated rings. The van der Waals surface area contributed by atoms with E-state index in [0.717, 1.165) is 27.7 Å². The van der Waals surface area contributed by atoms with Gasteiger partial charge in [-0.15, -0.1) is 0 Å². The molecule has 1 atom stereocenters. The predicted octanol–water partition coefficient (Wildman–Crippen LogP) is 3.48. The number of furan rings is 1. The number of rotatable bonds is 6. The van der Waals surface area contributed by atoms with E-state index in [1.54, 1.807) is 6.26 Å². The Labute approximate surface area is 173 Å². The molecule has 1 N–H and O–H groups in total. The van der Waals surface area contributed by atoms with Gasteiger partial charge in [-0.1, -0.05) is 18.2 Å². The molecular formula is C23H23NO6. The van der Waals surface area contributed by atoms with Crippen LogP contribution in [0.4, 0.5) is 0 Å². The first-order valence-electron chi connectivity index (χ1n) is 9.81. The first-order chi connectivity index (χ1) is 14.5. The molecule has 7 heteroatoms. The van der Waals surface area contributed by atoms with E-state index in [9.17, 15) is 9.59 Å². The van der Waals surface area contributed by atoms with Gasteiger partial charge in [0.05, 0.1) is 18.7 Å². The highest BCUT2D eigenvalue weighted by Crippen LogP contribution is 2.32. The predicted molar refractivity (Wildman–Crippen MR) is 110 cm³/mol. The van der Waals surface area contributed by atoms with Gasteiger partial charge in [0.25, 0.3) is 5.91 Å². The Hall–Kier alpha value is -3.48. The molecule has 2 heterocycles. The maximum atomic E-state index is 12.2. The number of fused-ring (bicyclic) bond motifs is 2. The van der Waals surface area contributed by atoms with Crippen molar-refractivity contribution in [1.29, 1.82) is 0 Å². The lowest BCUT2D eigenvalue weighted by Gasteiger charge is -2.21. The van der Waals surface area contributed by atoms with Gasteiger partial charge in [-0.05, 0) is 43.2 Å². The summed E-state index contributed by atoms with van der Waals surface area (Å²) >= 11 is 0. The molecule has 0 spiro atoms. The molecule has 0 bridgehead atoms. The van der Waals surface area contributed by atoms with Crippen LogP contribution in [0.5, 0.6) is 11.5 Å². The van der Waals surface area contributed by atoms with Gasteiger partial charge in [-0.3, -0.25) is 9.59 Å². The number of carbonyl (C=O) groups is 2. The molecule has 4 rings (SSSR count).